The van der Waals surface area contributed by atoms with Gasteiger partial charge in [-0.3, -0.25) is 11.3 Å². The molecule has 94 valence electrons. The number of hydrogen-bond acceptors (Lipinski definition) is 3. The first-order chi connectivity index (χ1) is 8.24. The molecular weight excluding hydrogens is 212 g/mol. The van der Waals surface area contributed by atoms with E-state index in [4.69, 9.17) is 10.6 Å². The van der Waals surface area contributed by atoms with E-state index in [1.54, 1.807) is 7.11 Å². The summed E-state index contributed by atoms with van der Waals surface area (Å²) in [5.41, 5.74) is 4.31. The third kappa shape index (κ3) is 3.20. The molecule has 1 fully saturated rings. The molecule has 2 rings (SSSR count). The van der Waals surface area contributed by atoms with Gasteiger partial charge in [0.2, 0.25) is 0 Å². The highest BCUT2D eigenvalue weighted by atomic mass is 16.5. The van der Waals surface area contributed by atoms with Gasteiger partial charge in [-0.25, -0.2) is 0 Å². The molecular formula is C14H22N2O. The highest BCUT2D eigenvalue weighted by Gasteiger charge is 2.38. The summed E-state index contributed by atoms with van der Waals surface area (Å²) in [7, 11) is 1.69. The molecule has 17 heavy (non-hydrogen) atoms. The Bertz CT molecular complexity index is 350. The van der Waals surface area contributed by atoms with Gasteiger partial charge in [0.15, 0.2) is 0 Å². The Morgan fingerprint density at radius 3 is 2.53 bits per heavy atom. The van der Waals surface area contributed by atoms with Gasteiger partial charge in [-0.2, -0.15) is 0 Å². The van der Waals surface area contributed by atoms with Gasteiger partial charge in [0, 0.05) is 6.04 Å². The molecule has 3 N–H and O–H groups in total. The lowest BCUT2D eigenvalue weighted by molar-refractivity contribution is 0.414. The Labute approximate surface area is 103 Å². The zero-order chi connectivity index (χ0) is 12.3. The van der Waals surface area contributed by atoms with Crippen LogP contribution in [-0.4, -0.2) is 13.2 Å². The van der Waals surface area contributed by atoms with Crippen molar-refractivity contribution in [3.8, 4) is 5.75 Å². The maximum atomic E-state index is 5.62. The van der Waals surface area contributed by atoms with Crippen molar-refractivity contribution in [1.82, 2.24) is 5.43 Å². The number of methoxy groups -OCH3 is 1. The van der Waals surface area contributed by atoms with E-state index in [-0.39, 0.29) is 0 Å². The maximum Gasteiger partial charge on any atom is 0.118 e. The lowest BCUT2D eigenvalue weighted by Gasteiger charge is -2.15. The van der Waals surface area contributed by atoms with Crippen LogP contribution in [-0.2, 0) is 6.42 Å². The summed E-state index contributed by atoms with van der Waals surface area (Å²) in [6.45, 7) is 2.29. The molecule has 1 aliphatic carbocycles. The summed E-state index contributed by atoms with van der Waals surface area (Å²) >= 11 is 0. The van der Waals surface area contributed by atoms with Crippen molar-refractivity contribution in [3.63, 3.8) is 0 Å². The second kappa shape index (κ2) is 5.52. The fraction of sp³-hybridized carbons (Fsp3) is 0.571. The Balaban J connectivity index is 1.83. The van der Waals surface area contributed by atoms with Crippen molar-refractivity contribution >= 4 is 0 Å². The monoisotopic (exact) mass is 234 g/mol. The Kier molecular flexibility index (Phi) is 4.02. The van der Waals surface area contributed by atoms with Crippen LogP contribution in [0.2, 0.25) is 0 Å². The SMILES string of the molecule is COc1ccc(CCC(NN)C2CC2C)cc1. The minimum atomic E-state index is 0.465. The van der Waals surface area contributed by atoms with Gasteiger partial charge in [0.1, 0.15) is 5.75 Å². The summed E-state index contributed by atoms with van der Waals surface area (Å²) in [5.74, 6) is 8.15. The quantitative estimate of drug-likeness (QED) is 0.585. The van der Waals surface area contributed by atoms with Crippen LogP contribution >= 0.6 is 0 Å². The van der Waals surface area contributed by atoms with E-state index in [0.717, 1.165) is 30.4 Å². The lowest BCUT2D eigenvalue weighted by Crippen LogP contribution is -2.37. The van der Waals surface area contributed by atoms with E-state index >= 15 is 0 Å². The second-order valence-corrected chi connectivity index (χ2v) is 5.04. The van der Waals surface area contributed by atoms with Gasteiger partial charge in [0.25, 0.3) is 0 Å². The van der Waals surface area contributed by atoms with E-state index in [9.17, 15) is 0 Å². The number of benzene rings is 1. The van der Waals surface area contributed by atoms with Gasteiger partial charge >= 0.3 is 0 Å². The molecule has 0 heterocycles. The molecule has 1 saturated carbocycles. The van der Waals surface area contributed by atoms with E-state index in [1.165, 1.54) is 12.0 Å². The third-order valence-electron chi connectivity index (χ3n) is 3.81. The summed E-state index contributed by atoms with van der Waals surface area (Å²) in [5, 5.41) is 0. The number of hydrazine groups is 1. The first kappa shape index (κ1) is 12.4. The van der Waals surface area contributed by atoms with Crippen LogP contribution in [0.1, 0.15) is 25.3 Å². The van der Waals surface area contributed by atoms with Crippen LogP contribution in [0.4, 0.5) is 0 Å². The number of hydrogen-bond donors (Lipinski definition) is 2. The molecule has 1 aliphatic rings. The Hall–Kier alpha value is -1.06. The van der Waals surface area contributed by atoms with Crippen molar-refractivity contribution in [2.45, 2.75) is 32.2 Å². The van der Waals surface area contributed by atoms with Gasteiger partial charge < -0.3 is 4.74 Å². The number of nitrogens with two attached hydrogens (primary N) is 1. The van der Waals surface area contributed by atoms with Crippen LogP contribution in [0.3, 0.4) is 0 Å². The molecule has 0 saturated heterocycles. The summed E-state index contributed by atoms with van der Waals surface area (Å²) in [6.07, 6.45) is 3.50. The zero-order valence-electron chi connectivity index (χ0n) is 10.6. The van der Waals surface area contributed by atoms with Crippen molar-refractivity contribution in [2.24, 2.45) is 17.7 Å². The maximum absolute atomic E-state index is 5.62. The first-order valence-corrected chi connectivity index (χ1v) is 6.33. The average molecular weight is 234 g/mol. The average Bonchev–Trinajstić information content (AvgIpc) is 3.08. The normalized spacial score (nSPS) is 24.4. The summed E-state index contributed by atoms with van der Waals surface area (Å²) < 4.78 is 5.15. The standard InChI is InChI=1S/C14H22N2O/c1-10-9-13(10)14(16-15)8-5-11-3-6-12(17-2)7-4-11/h3-4,6-7,10,13-14,16H,5,8-9,15H2,1-2H3. The molecule has 0 aromatic heterocycles. The predicted octanol–water partition coefficient (Wildman–Crippen LogP) is 2.12. The number of ether oxygens (including phenoxy) is 1. The number of nitrogens with one attached hydrogen (secondary N) is 1. The van der Waals surface area contributed by atoms with Crippen LogP contribution in [0.5, 0.6) is 5.75 Å². The molecule has 3 nitrogen and oxygen atoms in total. The van der Waals surface area contributed by atoms with Crippen LogP contribution < -0.4 is 16.0 Å². The van der Waals surface area contributed by atoms with Crippen LogP contribution in [0.25, 0.3) is 0 Å². The third-order valence-corrected chi connectivity index (χ3v) is 3.81. The molecule has 0 radical (unpaired) electrons. The van der Waals surface area contributed by atoms with E-state index in [1.807, 2.05) is 12.1 Å². The largest absolute Gasteiger partial charge is 0.497 e. The summed E-state index contributed by atoms with van der Waals surface area (Å²) in [6, 6.07) is 8.75. The lowest BCUT2D eigenvalue weighted by atomic mass is 10.0. The van der Waals surface area contributed by atoms with E-state index in [0.29, 0.717) is 6.04 Å². The van der Waals surface area contributed by atoms with Crippen molar-refractivity contribution in [2.75, 3.05) is 7.11 Å². The minimum Gasteiger partial charge on any atom is -0.497 e. The zero-order valence-corrected chi connectivity index (χ0v) is 10.6. The fourth-order valence-corrected chi connectivity index (χ4v) is 2.45. The smallest absolute Gasteiger partial charge is 0.118 e. The molecule has 0 amide bonds. The van der Waals surface area contributed by atoms with Crippen molar-refractivity contribution in [1.29, 1.82) is 0 Å². The van der Waals surface area contributed by atoms with Gasteiger partial charge in [-0.15, -0.1) is 0 Å². The van der Waals surface area contributed by atoms with Crippen molar-refractivity contribution in [3.05, 3.63) is 29.8 Å². The van der Waals surface area contributed by atoms with Gasteiger partial charge in [-0.05, 0) is 48.8 Å². The molecule has 1 aromatic carbocycles. The van der Waals surface area contributed by atoms with Gasteiger partial charge in [0.05, 0.1) is 7.11 Å². The molecule has 3 atom stereocenters. The highest BCUT2D eigenvalue weighted by Crippen LogP contribution is 2.41. The molecule has 0 aliphatic heterocycles. The molecule has 1 aromatic rings. The first-order valence-electron chi connectivity index (χ1n) is 6.33. The number of aryl methyl sites for hydroxylation is 1. The Morgan fingerprint density at radius 2 is 2.06 bits per heavy atom. The van der Waals surface area contributed by atoms with Crippen LogP contribution in [0, 0.1) is 11.8 Å². The Morgan fingerprint density at radius 1 is 1.41 bits per heavy atom. The van der Waals surface area contributed by atoms with E-state index < -0.39 is 0 Å². The summed E-state index contributed by atoms with van der Waals surface area (Å²) in [4.78, 5) is 0. The van der Waals surface area contributed by atoms with E-state index in [2.05, 4.69) is 24.5 Å². The molecule has 0 spiro atoms. The molecule has 0 bridgehead atoms. The molecule has 3 unspecified atom stereocenters. The van der Waals surface area contributed by atoms with Gasteiger partial charge in [-0.1, -0.05) is 19.1 Å². The van der Waals surface area contributed by atoms with Crippen LogP contribution in [0.15, 0.2) is 24.3 Å². The fourth-order valence-electron chi connectivity index (χ4n) is 2.45. The predicted molar refractivity (Wildman–Crippen MR) is 69.7 cm³/mol. The number of rotatable bonds is 6. The topological polar surface area (TPSA) is 47.3 Å². The van der Waals surface area contributed by atoms with Crippen molar-refractivity contribution < 1.29 is 4.74 Å². The second-order valence-electron chi connectivity index (χ2n) is 5.04. The molecule has 3 heteroatoms. The minimum absolute atomic E-state index is 0.465. The highest BCUT2D eigenvalue weighted by molar-refractivity contribution is 5.27.